The van der Waals surface area contributed by atoms with Gasteiger partial charge in [-0.2, -0.15) is 0 Å². The molecule has 1 aliphatic heterocycles. The van der Waals surface area contributed by atoms with Gasteiger partial charge in [-0.1, -0.05) is 23.7 Å². The van der Waals surface area contributed by atoms with Gasteiger partial charge in [0, 0.05) is 18.1 Å². The van der Waals surface area contributed by atoms with Crippen molar-refractivity contribution in [1.82, 2.24) is 5.32 Å². The highest BCUT2D eigenvalue weighted by molar-refractivity contribution is 9.10. The molecule has 0 fully saturated rings. The first-order chi connectivity index (χ1) is 9.72. The Morgan fingerprint density at radius 1 is 1.05 bits per heavy atom. The summed E-state index contributed by atoms with van der Waals surface area (Å²) in [6.07, 6.45) is 0. The van der Waals surface area contributed by atoms with E-state index >= 15 is 0 Å². The van der Waals surface area contributed by atoms with Gasteiger partial charge in [-0.15, -0.1) is 0 Å². The third-order valence-electron chi connectivity index (χ3n) is 3.06. The first-order valence-corrected chi connectivity index (χ1v) is 7.42. The summed E-state index contributed by atoms with van der Waals surface area (Å²) in [7, 11) is 0. The average molecular weight is 355 g/mol. The van der Waals surface area contributed by atoms with E-state index in [0.717, 1.165) is 39.6 Å². The lowest BCUT2D eigenvalue weighted by Crippen LogP contribution is -2.12. The van der Waals surface area contributed by atoms with E-state index in [1.165, 1.54) is 5.56 Å². The van der Waals surface area contributed by atoms with E-state index in [-0.39, 0.29) is 6.79 Å². The van der Waals surface area contributed by atoms with Crippen molar-refractivity contribution in [3.05, 3.63) is 57.0 Å². The Labute approximate surface area is 131 Å². The second-order valence-electron chi connectivity index (χ2n) is 4.54. The molecule has 0 bridgehead atoms. The van der Waals surface area contributed by atoms with Crippen LogP contribution in [-0.2, 0) is 13.1 Å². The van der Waals surface area contributed by atoms with E-state index in [2.05, 4.69) is 21.2 Å². The monoisotopic (exact) mass is 353 g/mol. The first-order valence-electron chi connectivity index (χ1n) is 6.25. The summed E-state index contributed by atoms with van der Waals surface area (Å²) < 4.78 is 11.7. The molecule has 3 nitrogen and oxygen atoms in total. The van der Waals surface area contributed by atoms with Crippen LogP contribution in [0.4, 0.5) is 0 Å². The van der Waals surface area contributed by atoms with Crippen LogP contribution >= 0.6 is 27.5 Å². The second-order valence-corrected chi connectivity index (χ2v) is 5.83. The fourth-order valence-corrected chi connectivity index (χ4v) is 2.81. The standard InChI is InChI=1S/C15H13BrClNO2/c16-13-5-11(6-14-15(13)20-9-19-14)8-18-7-10-1-3-12(17)4-2-10/h1-6,18H,7-9H2. The van der Waals surface area contributed by atoms with Gasteiger partial charge in [-0.25, -0.2) is 0 Å². The topological polar surface area (TPSA) is 30.5 Å². The van der Waals surface area contributed by atoms with E-state index in [4.69, 9.17) is 21.1 Å². The maximum atomic E-state index is 5.86. The Hall–Kier alpha value is -1.23. The highest BCUT2D eigenvalue weighted by Crippen LogP contribution is 2.39. The van der Waals surface area contributed by atoms with Gasteiger partial charge in [0.15, 0.2) is 11.5 Å². The minimum atomic E-state index is 0.287. The van der Waals surface area contributed by atoms with Crippen molar-refractivity contribution in [2.24, 2.45) is 0 Å². The number of nitrogens with one attached hydrogen (secondary N) is 1. The van der Waals surface area contributed by atoms with Gasteiger partial charge < -0.3 is 14.8 Å². The van der Waals surface area contributed by atoms with Crippen molar-refractivity contribution in [2.75, 3.05) is 6.79 Å². The predicted molar refractivity (Wildman–Crippen MR) is 82.3 cm³/mol. The number of hydrogen-bond acceptors (Lipinski definition) is 3. The quantitative estimate of drug-likeness (QED) is 0.896. The zero-order chi connectivity index (χ0) is 13.9. The zero-order valence-corrected chi connectivity index (χ0v) is 13.0. The first kappa shape index (κ1) is 13.7. The summed E-state index contributed by atoms with van der Waals surface area (Å²) in [5, 5.41) is 4.15. The second kappa shape index (κ2) is 6.04. The van der Waals surface area contributed by atoms with Crippen molar-refractivity contribution >= 4 is 27.5 Å². The molecule has 2 aromatic rings. The number of fused-ring (bicyclic) bond motifs is 1. The Morgan fingerprint density at radius 2 is 1.80 bits per heavy atom. The summed E-state index contributed by atoms with van der Waals surface area (Å²) >= 11 is 9.36. The molecule has 1 aliphatic rings. The number of hydrogen-bond donors (Lipinski definition) is 1. The lowest BCUT2D eigenvalue weighted by Gasteiger charge is -2.07. The van der Waals surface area contributed by atoms with Crippen LogP contribution in [0.2, 0.25) is 5.02 Å². The van der Waals surface area contributed by atoms with Crippen LogP contribution in [0.5, 0.6) is 11.5 Å². The van der Waals surface area contributed by atoms with Gasteiger partial charge in [0.2, 0.25) is 6.79 Å². The molecule has 5 heteroatoms. The van der Waals surface area contributed by atoms with Crippen LogP contribution in [0.15, 0.2) is 40.9 Å². The van der Waals surface area contributed by atoms with Gasteiger partial charge in [0.05, 0.1) is 4.47 Å². The molecule has 1 N–H and O–H groups in total. The summed E-state index contributed by atoms with van der Waals surface area (Å²) in [5.41, 5.74) is 2.35. The normalized spacial score (nSPS) is 12.7. The molecule has 0 amide bonds. The fourth-order valence-electron chi connectivity index (χ4n) is 2.08. The fraction of sp³-hybridized carbons (Fsp3) is 0.200. The Morgan fingerprint density at radius 3 is 2.60 bits per heavy atom. The third kappa shape index (κ3) is 3.08. The van der Waals surface area contributed by atoms with Crippen LogP contribution in [0, 0.1) is 0 Å². The molecular weight excluding hydrogens is 342 g/mol. The molecular formula is C15H13BrClNO2. The molecule has 0 saturated heterocycles. The van der Waals surface area contributed by atoms with E-state index in [1.807, 2.05) is 36.4 Å². The third-order valence-corrected chi connectivity index (χ3v) is 3.90. The maximum absolute atomic E-state index is 5.86. The van der Waals surface area contributed by atoms with Crippen molar-refractivity contribution in [3.8, 4) is 11.5 Å². The average Bonchev–Trinajstić information content (AvgIpc) is 2.90. The van der Waals surface area contributed by atoms with Crippen molar-refractivity contribution < 1.29 is 9.47 Å². The molecule has 20 heavy (non-hydrogen) atoms. The maximum Gasteiger partial charge on any atom is 0.231 e. The molecule has 0 saturated carbocycles. The molecule has 1 heterocycles. The largest absolute Gasteiger partial charge is 0.454 e. The van der Waals surface area contributed by atoms with E-state index in [9.17, 15) is 0 Å². The van der Waals surface area contributed by atoms with Crippen molar-refractivity contribution in [1.29, 1.82) is 0 Å². The minimum Gasteiger partial charge on any atom is -0.454 e. The molecule has 0 radical (unpaired) electrons. The highest BCUT2D eigenvalue weighted by Gasteiger charge is 2.17. The number of ether oxygens (including phenoxy) is 2. The number of benzene rings is 2. The van der Waals surface area contributed by atoms with Crippen molar-refractivity contribution in [3.63, 3.8) is 0 Å². The van der Waals surface area contributed by atoms with Gasteiger partial charge >= 0.3 is 0 Å². The zero-order valence-electron chi connectivity index (χ0n) is 10.7. The van der Waals surface area contributed by atoms with Gasteiger partial charge in [-0.3, -0.25) is 0 Å². The van der Waals surface area contributed by atoms with Crippen LogP contribution in [-0.4, -0.2) is 6.79 Å². The van der Waals surface area contributed by atoms with Crippen molar-refractivity contribution in [2.45, 2.75) is 13.1 Å². The Kier molecular flexibility index (Phi) is 4.15. The molecule has 3 rings (SSSR count). The van der Waals surface area contributed by atoms with Gasteiger partial charge in [0.25, 0.3) is 0 Å². The lowest BCUT2D eigenvalue weighted by molar-refractivity contribution is 0.173. The highest BCUT2D eigenvalue weighted by atomic mass is 79.9. The SMILES string of the molecule is Clc1ccc(CNCc2cc(Br)c3c(c2)OCO3)cc1. The molecule has 104 valence electrons. The summed E-state index contributed by atoms with van der Waals surface area (Å²) in [6, 6.07) is 11.9. The van der Waals surface area contributed by atoms with Crippen LogP contribution in [0.25, 0.3) is 0 Å². The van der Waals surface area contributed by atoms with Crippen LogP contribution in [0.3, 0.4) is 0 Å². The molecule has 0 spiro atoms. The summed E-state index contributed by atoms with van der Waals surface area (Å²) in [5.74, 6) is 1.58. The smallest absolute Gasteiger partial charge is 0.231 e. The van der Waals surface area contributed by atoms with E-state index < -0.39 is 0 Å². The Balaban J connectivity index is 1.61. The number of halogens is 2. The van der Waals surface area contributed by atoms with Gasteiger partial charge in [0.1, 0.15) is 0 Å². The Bertz CT molecular complexity index is 616. The molecule has 0 aromatic heterocycles. The summed E-state index contributed by atoms with van der Waals surface area (Å²) in [6.45, 7) is 1.84. The lowest BCUT2D eigenvalue weighted by atomic mass is 10.2. The molecule has 0 unspecified atom stereocenters. The predicted octanol–water partition coefficient (Wildman–Crippen LogP) is 4.12. The molecule has 2 aromatic carbocycles. The van der Waals surface area contributed by atoms with E-state index in [1.54, 1.807) is 0 Å². The van der Waals surface area contributed by atoms with E-state index in [0.29, 0.717) is 0 Å². The minimum absolute atomic E-state index is 0.287. The molecule has 0 atom stereocenters. The number of rotatable bonds is 4. The van der Waals surface area contributed by atoms with Crippen LogP contribution in [0.1, 0.15) is 11.1 Å². The summed E-state index contributed by atoms with van der Waals surface area (Å²) in [4.78, 5) is 0. The van der Waals surface area contributed by atoms with Crippen LogP contribution < -0.4 is 14.8 Å². The molecule has 0 aliphatic carbocycles. The van der Waals surface area contributed by atoms with Gasteiger partial charge in [-0.05, 0) is 51.3 Å².